The zero-order chi connectivity index (χ0) is 10.2. The van der Waals surface area contributed by atoms with Crippen molar-refractivity contribution in [3.8, 4) is 0 Å². The highest BCUT2D eigenvalue weighted by atomic mass is 14.5. The van der Waals surface area contributed by atoms with E-state index in [2.05, 4.69) is 30.8 Å². The van der Waals surface area contributed by atoms with Gasteiger partial charge < -0.3 is 5.73 Å². The summed E-state index contributed by atoms with van der Waals surface area (Å²) in [6.07, 6.45) is 5.48. The van der Waals surface area contributed by atoms with Crippen LogP contribution in [0.25, 0.3) is 0 Å². The summed E-state index contributed by atoms with van der Waals surface area (Å²) in [5, 5.41) is 0. The lowest BCUT2D eigenvalue weighted by molar-refractivity contribution is 0.644. The molecule has 76 valence electrons. The molecule has 0 aliphatic heterocycles. The van der Waals surface area contributed by atoms with Crippen LogP contribution < -0.4 is 5.73 Å². The Hall–Kier alpha value is -1.08. The minimum atomic E-state index is 0.489. The van der Waals surface area contributed by atoms with Gasteiger partial charge in [-0.3, -0.25) is 0 Å². The molecule has 1 atom stereocenters. The second-order valence-electron chi connectivity index (χ2n) is 3.54. The van der Waals surface area contributed by atoms with Crippen LogP contribution in [0.15, 0.2) is 43.0 Å². The van der Waals surface area contributed by atoms with Gasteiger partial charge in [0, 0.05) is 5.92 Å². The number of hydrogen-bond acceptors (Lipinski definition) is 1. The Morgan fingerprint density at radius 3 is 2.50 bits per heavy atom. The number of benzene rings is 1. The summed E-state index contributed by atoms with van der Waals surface area (Å²) in [4.78, 5) is 0. The van der Waals surface area contributed by atoms with Gasteiger partial charge >= 0.3 is 0 Å². The molecule has 0 heterocycles. The number of rotatable bonds is 6. The van der Waals surface area contributed by atoms with Crippen LogP contribution in [0.3, 0.4) is 0 Å². The molecule has 1 aromatic rings. The molecule has 1 nitrogen and oxygen atoms in total. The molecule has 0 aromatic heterocycles. The van der Waals surface area contributed by atoms with Crippen molar-refractivity contribution in [2.75, 3.05) is 6.54 Å². The van der Waals surface area contributed by atoms with Crippen LogP contribution in [0, 0.1) is 0 Å². The van der Waals surface area contributed by atoms with E-state index in [0.29, 0.717) is 5.92 Å². The van der Waals surface area contributed by atoms with Crippen LogP contribution in [0.4, 0.5) is 0 Å². The molecule has 14 heavy (non-hydrogen) atoms. The van der Waals surface area contributed by atoms with Gasteiger partial charge in [-0.15, -0.1) is 6.58 Å². The Kier molecular flexibility index (Phi) is 5.02. The van der Waals surface area contributed by atoms with Crippen LogP contribution in [-0.4, -0.2) is 6.54 Å². The number of allylic oxidation sites excluding steroid dienone is 1. The topological polar surface area (TPSA) is 26.0 Å². The average Bonchev–Trinajstić information content (AvgIpc) is 2.26. The number of hydrogen-bond donors (Lipinski definition) is 1. The molecule has 0 spiro atoms. The third-order valence-corrected chi connectivity index (χ3v) is 2.48. The molecule has 0 fully saturated rings. The molecule has 1 heteroatoms. The van der Waals surface area contributed by atoms with E-state index >= 15 is 0 Å². The van der Waals surface area contributed by atoms with Gasteiger partial charge in [-0.2, -0.15) is 0 Å². The predicted molar refractivity (Wildman–Crippen MR) is 62.3 cm³/mol. The lowest BCUT2D eigenvalue weighted by Gasteiger charge is -2.11. The van der Waals surface area contributed by atoms with Gasteiger partial charge in [-0.05, 0) is 24.9 Å². The van der Waals surface area contributed by atoms with Crippen molar-refractivity contribution in [1.82, 2.24) is 0 Å². The second kappa shape index (κ2) is 6.39. The molecule has 0 saturated carbocycles. The standard InChI is InChI=1S/C13H19N/c1-2-12(8-6-7-11-14)13-9-4-3-5-10-13/h2-5,9-10,12H,1,6-8,11,14H2. The fourth-order valence-electron chi connectivity index (χ4n) is 1.63. The SMILES string of the molecule is C=CC(CCCCN)c1ccccc1. The fourth-order valence-corrected chi connectivity index (χ4v) is 1.63. The highest BCUT2D eigenvalue weighted by molar-refractivity contribution is 5.22. The Balaban J connectivity index is 2.50. The van der Waals surface area contributed by atoms with Gasteiger partial charge in [0.1, 0.15) is 0 Å². The van der Waals surface area contributed by atoms with Gasteiger partial charge in [-0.25, -0.2) is 0 Å². The van der Waals surface area contributed by atoms with E-state index in [1.54, 1.807) is 0 Å². The monoisotopic (exact) mass is 189 g/mol. The maximum Gasteiger partial charge on any atom is 0.00153 e. The summed E-state index contributed by atoms with van der Waals surface area (Å²) in [5.74, 6) is 0.489. The van der Waals surface area contributed by atoms with Gasteiger partial charge in [0.05, 0.1) is 0 Å². The van der Waals surface area contributed by atoms with E-state index in [-0.39, 0.29) is 0 Å². The molecule has 0 saturated heterocycles. The van der Waals surface area contributed by atoms with Crippen molar-refractivity contribution in [2.45, 2.75) is 25.2 Å². The first kappa shape index (κ1) is 11.0. The van der Waals surface area contributed by atoms with Crippen molar-refractivity contribution in [2.24, 2.45) is 5.73 Å². The summed E-state index contributed by atoms with van der Waals surface area (Å²) in [6, 6.07) is 10.5. The smallest absolute Gasteiger partial charge is 0.00153 e. The molecule has 1 rings (SSSR count). The molecular weight excluding hydrogens is 170 g/mol. The lowest BCUT2D eigenvalue weighted by atomic mass is 9.94. The third kappa shape index (κ3) is 3.35. The maximum atomic E-state index is 5.47. The van der Waals surface area contributed by atoms with Gasteiger partial charge in [0.25, 0.3) is 0 Å². The minimum Gasteiger partial charge on any atom is -0.330 e. The lowest BCUT2D eigenvalue weighted by Crippen LogP contribution is -2.00. The molecule has 0 aliphatic carbocycles. The van der Waals surface area contributed by atoms with Crippen molar-refractivity contribution in [3.63, 3.8) is 0 Å². The minimum absolute atomic E-state index is 0.489. The highest BCUT2D eigenvalue weighted by Gasteiger charge is 2.05. The third-order valence-electron chi connectivity index (χ3n) is 2.48. The highest BCUT2D eigenvalue weighted by Crippen LogP contribution is 2.22. The summed E-state index contributed by atoms with van der Waals surface area (Å²) >= 11 is 0. The van der Waals surface area contributed by atoms with Crippen LogP contribution in [0.1, 0.15) is 30.7 Å². The maximum absolute atomic E-state index is 5.47. The number of unbranched alkanes of at least 4 members (excludes halogenated alkanes) is 1. The normalized spacial score (nSPS) is 12.4. The van der Waals surface area contributed by atoms with Crippen LogP contribution in [-0.2, 0) is 0 Å². The summed E-state index contributed by atoms with van der Waals surface area (Å²) < 4.78 is 0. The average molecular weight is 189 g/mol. The second-order valence-corrected chi connectivity index (χ2v) is 3.54. The molecule has 0 bridgehead atoms. The van der Waals surface area contributed by atoms with E-state index in [9.17, 15) is 0 Å². The number of nitrogens with two attached hydrogens (primary N) is 1. The first-order valence-corrected chi connectivity index (χ1v) is 5.26. The molecular formula is C13H19N. The summed E-state index contributed by atoms with van der Waals surface area (Å²) in [5.41, 5.74) is 6.83. The Morgan fingerprint density at radius 2 is 1.93 bits per heavy atom. The van der Waals surface area contributed by atoms with Gasteiger partial charge in [0.2, 0.25) is 0 Å². The van der Waals surface area contributed by atoms with Crippen LogP contribution in [0.5, 0.6) is 0 Å². The van der Waals surface area contributed by atoms with Crippen LogP contribution >= 0.6 is 0 Å². The fraction of sp³-hybridized carbons (Fsp3) is 0.385. The molecule has 1 unspecified atom stereocenters. The van der Waals surface area contributed by atoms with E-state index < -0.39 is 0 Å². The first-order valence-electron chi connectivity index (χ1n) is 5.26. The first-order chi connectivity index (χ1) is 6.88. The van der Waals surface area contributed by atoms with Crippen molar-refractivity contribution in [1.29, 1.82) is 0 Å². The Morgan fingerprint density at radius 1 is 1.21 bits per heavy atom. The largest absolute Gasteiger partial charge is 0.330 e. The van der Waals surface area contributed by atoms with E-state index in [0.717, 1.165) is 19.4 Å². The molecule has 2 N–H and O–H groups in total. The Labute approximate surface area is 86.6 Å². The van der Waals surface area contributed by atoms with E-state index in [4.69, 9.17) is 5.73 Å². The van der Waals surface area contributed by atoms with Crippen molar-refractivity contribution < 1.29 is 0 Å². The zero-order valence-electron chi connectivity index (χ0n) is 8.65. The van der Waals surface area contributed by atoms with Crippen LogP contribution in [0.2, 0.25) is 0 Å². The molecule has 0 amide bonds. The molecule has 1 aromatic carbocycles. The van der Waals surface area contributed by atoms with E-state index in [1.807, 2.05) is 12.1 Å². The van der Waals surface area contributed by atoms with Crippen molar-refractivity contribution >= 4 is 0 Å². The van der Waals surface area contributed by atoms with Gasteiger partial charge in [0.15, 0.2) is 0 Å². The summed E-state index contributed by atoms with van der Waals surface area (Å²) in [6.45, 7) is 4.68. The molecule has 0 aliphatic rings. The predicted octanol–water partition coefficient (Wildman–Crippen LogP) is 3.09. The van der Waals surface area contributed by atoms with Gasteiger partial charge in [-0.1, -0.05) is 42.8 Å². The van der Waals surface area contributed by atoms with E-state index in [1.165, 1.54) is 12.0 Å². The quantitative estimate of drug-likeness (QED) is 0.540. The zero-order valence-corrected chi connectivity index (χ0v) is 8.65. The Bertz CT molecular complexity index is 253. The van der Waals surface area contributed by atoms with Crippen molar-refractivity contribution in [3.05, 3.63) is 48.6 Å². The summed E-state index contributed by atoms with van der Waals surface area (Å²) in [7, 11) is 0. The molecule has 0 radical (unpaired) electrons.